The molecule has 1 aliphatic rings. The van der Waals surface area contributed by atoms with Gasteiger partial charge in [0.15, 0.2) is 5.13 Å². The summed E-state index contributed by atoms with van der Waals surface area (Å²) >= 11 is 7.53. The van der Waals surface area contributed by atoms with Crippen molar-refractivity contribution in [2.45, 2.75) is 18.4 Å². The molecule has 1 fully saturated rings. The van der Waals surface area contributed by atoms with Gasteiger partial charge < -0.3 is 10.0 Å². The molecule has 1 aromatic heterocycles. The smallest absolute Gasteiger partial charge is 0.185 e. The van der Waals surface area contributed by atoms with Crippen LogP contribution in [0.15, 0.2) is 35.8 Å². The maximum absolute atomic E-state index is 10.8. The lowest BCUT2D eigenvalue weighted by atomic mass is 9.84. The second-order valence-corrected chi connectivity index (χ2v) is 6.15. The first kappa shape index (κ1) is 12.9. The molecule has 2 heterocycles. The highest BCUT2D eigenvalue weighted by molar-refractivity contribution is 7.13. The molecule has 1 N–H and O–H groups in total. The van der Waals surface area contributed by atoms with Crippen LogP contribution in [0.3, 0.4) is 0 Å². The zero-order chi connectivity index (χ0) is 13.3. The zero-order valence-corrected chi connectivity index (χ0v) is 12.0. The van der Waals surface area contributed by atoms with Crippen LogP contribution in [-0.2, 0) is 5.60 Å². The van der Waals surface area contributed by atoms with Crippen LogP contribution in [0.2, 0.25) is 5.02 Å². The quantitative estimate of drug-likeness (QED) is 0.923. The molecule has 0 amide bonds. The van der Waals surface area contributed by atoms with Crippen LogP contribution in [-0.4, -0.2) is 23.2 Å². The number of hydrogen-bond acceptors (Lipinski definition) is 4. The molecular weight excluding hydrogens is 280 g/mol. The fourth-order valence-electron chi connectivity index (χ4n) is 2.49. The van der Waals surface area contributed by atoms with Gasteiger partial charge in [0.2, 0.25) is 0 Å². The van der Waals surface area contributed by atoms with Crippen LogP contribution < -0.4 is 4.90 Å². The van der Waals surface area contributed by atoms with Crippen molar-refractivity contribution in [2.24, 2.45) is 0 Å². The minimum Gasteiger partial charge on any atom is -0.385 e. The van der Waals surface area contributed by atoms with Crippen molar-refractivity contribution in [3.8, 4) is 0 Å². The Morgan fingerprint density at radius 2 is 1.89 bits per heavy atom. The third kappa shape index (κ3) is 2.61. The number of aliphatic hydroxyl groups is 1. The number of halogens is 1. The van der Waals surface area contributed by atoms with E-state index in [4.69, 9.17) is 11.6 Å². The van der Waals surface area contributed by atoms with Crippen LogP contribution in [0, 0.1) is 0 Å². The van der Waals surface area contributed by atoms with Gasteiger partial charge in [-0.25, -0.2) is 4.98 Å². The summed E-state index contributed by atoms with van der Waals surface area (Å²) in [5.74, 6) is 0. The van der Waals surface area contributed by atoms with E-state index in [1.54, 1.807) is 11.3 Å². The Labute approximate surface area is 121 Å². The van der Waals surface area contributed by atoms with Gasteiger partial charge in [-0.05, 0) is 30.5 Å². The van der Waals surface area contributed by atoms with Crippen LogP contribution >= 0.6 is 22.9 Å². The van der Waals surface area contributed by atoms with Gasteiger partial charge in [-0.2, -0.15) is 0 Å². The summed E-state index contributed by atoms with van der Waals surface area (Å²) in [5, 5.41) is 14.5. The first-order chi connectivity index (χ1) is 9.17. The zero-order valence-electron chi connectivity index (χ0n) is 10.4. The number of nitrogens with zero attached hydrogens (tertiary/aromatic N) is 2. The minimum atomic E-state index is -0.738. The molecule has 0 bridgehead atoms. The van der Waals surface area contributed by atoms with Gasteiger partial charge in [-0.3, -0.25) is 0 Å². The van der Waals surface area contributed by atoms with E-state index in [1.807, 2.05) is 35.8 Å². The van der Waals surface area contributed by atoms with Gasteiger partial charge in [-0.1, -0.05) is 23.7 Å². The average molecular weight is 295 g/mol. The Hall–Kier alpha value is -1.10. The second-order valence-electron chi connectivity index (χ2n) is 4.84. The number of anilines is 1. The van der Waals surface area contributed by atoms with Gasteiger partial charge in [0, 0.05) is 29.7 Å². The molecule has 1 aliphatic heterocycles. The fourth-order valence-corrected chi connectivity index (χ4v) is 3.31. The maximum Gasteiger partial charge on any atom is 0.185 e. The predicted molar refractivity (Wildman–Crippen MR) is 78.9 cm³/mol. The van der Waals surface area contributed by atoms with Crippen molar-refractivity contribution in [1.82, 2.24) is 4.98 Å². The lowest BCUT2D eigenvalue weighted by molar-refractivity contribution is 0.0118. The molecule has 0 saturated carbocycles. The first-order valence-corrected chi connectivity index (χ1v) is 7.56. The van der Waals surface area contributed by atoms with Crippen LogP contribution in [0.25, 0.3) is 0 Å². The molecule has 2 aromatic rings. The Balaban J connectivity index is 1.73. The van der Waals surface area contributed by atoms with Crippen molar-refractivity contribution < 1.29 is 5.11 Å². The van der Waals surface area contributed by atoms with E-state index in [2.05, 4.69) is 9.88 Å². The second kappa shape index (κ2) is 5.12. The number of benzene rings is 1. The standard InChI is InChI=1S/C14H15ClN2OS/c15-12-3-1-11(2-4-12)14(18)5-8-17(9-6-14)13-16-7-10-19-13/h1-4,7,10,18H,5-6,8-9H2. The monoisotopic (exact) mass is 294 g/mol. The summed E-state index contributed by atoms with van der Waals surface area (Å²) in [6, 6.07) is 7.51. The maximum atomic E-state index is 10.8. The summed E-state index contributed by atoms with van der Waals surface area (Å²) < 4.78 is 0. The van der Waals surface area contributed by atoms with Crippen molar-refractivity contribution in [1.29, 1.82) is 0 Å². The van der Waals surface area contributed by atoms with E-state index in [0.29, 0.717) is 17.9 Å². The van der Waals surface area contributed by atoms with Gasteiger partial charge in [-0.15, -0.1) is 11.3 Å². The normalized spacial score (nSPS) is 18.5. The molecule has 0 spiro atoms. The number of thiazole rings is 1. The number of rotatable bonds is 2. The lowest BCUT2D eigenvalue weighted by Crippen LogP contribution is -2.42. The molecule has 0 unspecified atom stereocenters. The topological polar surface area (TPSA) is 36.4 Å². The van der Waals surface area contributed by atoms with E-state index in [-0.39, 0.29) is 0 Å². The molecule has 1 aromatic carbocycles. The van der Waals surface area contributed by atoms with Crippen molar-refractivity contribution in [3.05, 3.63) is 46.4 Å². The third-order valence-electron chi connectivity index (χ3n) is 3.66. The van der Waals surface area contributed by atoms with E-state index >= 15 is 0 Å². The van der Waals surface area contributed by atoms with Crippen molar-refractivity contribution in [2.75, 3.05) is 18.0 Å². The van der Waals surface area contributed by atoms with Crippen molar-refractivity contribution >= 4 is 28.1 Å². The van der Waals surface area contributed by atoms with E-state index < -0.39 is 5.60 Å². The van der Waals surface area contributed by atoms with Crippen LogP contribution in [0.4, 0.5) is 5.13 Å². The largest absolute Gasteiger partial charge is 0.385 e. The molecule has 0 atom stereocenters. The highest BCUT2D eigenvalue weighted by Gasteiger charge is 2.34. The fraction of sp³-hybridized carbons (Fsp3) is 0.357. The number of aromatic nitrogens is 1. The molecule has 3 nitrogen and oxygen atoms in total. The predicted octanol–water partition coefficient (Wildman–Crippen LogP) is 3.28. The highest BCUT2D eigenvalue weighted by Crippen LogP contribution is 2.35. The number of piperidine rings is 1. The molecule has 3 rings (SSSR count). The molecule has 100 valence electrons. The summed E-state index contributed by atoms with van der Waals surface area (Å²) in [5.41, 5.74) is 0.217. The van der Waals surface area contributed by atoms with E-state index in [9.17, 15) is 5.11 Å². The lowest BCUT2D eigenvalue weighted by Gasteiger charge is -2.38. The van der Waals surface area contributed by atoms with E-state index in [1.165, 1.54) is 0 Å². The summed E-state index contributed by atoms with van der Waals surface area (Å²) in [7, 11) is 0. The Morgan fingerprint density at radius 1 is 1.21 bits per heavy atom. The Kier molecular flexibility index (Phi) is 3.48. The molecule has 0 aliphatic carbocycles. The Bertz CT molecular complexity index is 533. The Morgan fingerprint density at radius 3 is 2.47 bits per heavy atom. The van der Waals surface area contributed by atoms with Gasteiger partial charge in [0.25, 0.3) is 0 Å². The van der Waals surface area contributed by atoms with Gasteiger partial charge in [0.05, 0.1) is 5.60 Å². The van der Waals surface area contributed by atoms with E-state index in [0.717, 1.165) is 23.8 Å². The van der Waals surface area contributed by atoms with Crippen LogP contribution in [0.5, 0.6) is 0 Å². The summed E-state index contributed by atoms with van der Waals surface area (Å²) in [6.07, 6.45) is 3.25. The first-order valence-electron chi connectivity index (χ1n) is 6.30. The SMILES string of the molecule is OC1(c2ccc(Cl)cc2)CCN(c2nccs2)CC1. The van der Waals surface area contributed by atoms with Crippen molar-refractivity contribution in [3.63, 3.8) is 0 Å². The molecule has 0 radical (unpaired) electrons. The summed E-state index contributed by atoms with van der Waals surface area (Å²) in [4.78, 5) is 6.55. The van der Waals surface area contributed by atoms with Crippen LogP contribution in [0.1, 0.15) is 18.4 Å². The summed E-state index contributed by atoms with van der Waals surface area (Å²) in [6.45, 7) is 1.65. The number of hydrogen-bond donors (Lipinski definition) is 1. The molecule has 19 heavy (non-hydrogen) atoms. The van der Waals surface area contributed by atoms with Gasteiger partial charge >= 0.3 is 0 Å². The molecular formula is C14H15ClN2OS. The average Bonchev–Trinajstić information content (AvgIpc) is 2.94. The van der Waals surface area contributed by atoms with Gasteiger partial charge in [0.1, 0.15) is 0 Å². The molecule has 5 heteroatoms. The highest BCUT2D eigenvalue weighted by atomic mass is 35.5. The minimum absolute atomic E-state index is 0.701. The molecule has 1 saturated heterocycles. The third-order valence-corrected chi connectivity index (χ3v) is 4.75.